The third-order valence-corrected chi connectivity index (χ3v) is 7.55. The van der Waals surface area contributed by atoms with Crippen molar-refractivity contribution in [3.05, 3.63) is 35.1 Å². The Morgan fingerprint density at radius 1 is 1.18 bits per heavy atom. The van der Waals surface area contributed by atoms with Crippen LogP contribution in [0.1, 0.15) is 50.7 Å². The lowest BCUT2D eigenvalue weighted by molar-refractivity contribution is -0.147. The van der Waals surface area contributed by atoms with Gasteiger partial charge in [0, 0.05) is 20.1 Å². The number of fused-ring (bicyclic) bond motifs is 2. The van der Waals surface area contributed by atoms with E-state index in [2.05, 4.69) is 15.6 Å². The largest absolute Gasteiger partial charge is 0.350 e. The quantitative estimate of drug-likeness (QED) is 0.410. The summed E-state index contributed by atoms with van der Waals surface area (Å²) >= 11 is 0. The number of amidine groups is 1. The van der Waals surface area contributed by atoms with Gasteiger partial charge in [0.15, 0.2) is 6.04 Å². The molecule has 4 aliphatic rings. The standard InChI is InChI=1S/C27H33F2N5O5/c1-15(2)13-33(4)24(39)22(37)32-27-9-7-26(29,8-10-27)14-34-23(38)20(35)19(31-25(27)34)21(36)30-12-17-5-6-18(28)16(3)11-17/h5-6,11,15,19H,7-10,12-14H2,1-4H3,(H,30,36)(H,32,37). The van der Waals surface area contributed by atoms with Gasteiger partial charge < -0.3 is 15.5 Å². The van der Waals surface area contributed by atoms with E-state index < -0.39 is 59.0 Å². The van der Waals surface area contributed by atoms with Gasteiger partial charge in [0.05, 0.1) is 12.1 Å². The number of nitrogens with zero attached hydrogens (tertiary/aromatic N) is 3. The summed E-state index contributed by atoms with van der Waals surface area (Å²) in [6, 6.07) is 2.53. The van der Waals surface area contributed by atoms with Crippen molar-refractivity contribution in [2.24, 2.45) is 10.9 Å². The Labute approximate surface area is 225 Å². The zero-order valence-electron chi connectivity index (χ0n) is 22.5. The van der Waals surface area contributed by atoms with E-state index in [1.807, 2.05) is 13.8 Å². The zero-order chi connectivity index (χ0) is 28.7. The molecule has 3 heterocycles. The first-order chi connectivity index (χ1) is 18.2. The van der Waals surface area contributed by atoms with Crippen molar-refractivity contribution in [3.8, 4) is 0 Å². The Kier molecular flexibility index (Phi) is 7.59. The van der Waals surface area contributed by atoms with Gasteiger partial charge in [-0.15, -0.1) is 0 Å². The molecular weight excluding hydrogens is 512 g/mol. The fourth-order valence-corrected chi connectivity index (χ4v) is 5.45. The molecule has 4 amide bonds. The summed E-state index contributed by atoms with van der Waals surface area (Å²) in [5, 5.41) is 5.25. The fraction of sp³-hybridized carbons (Fsp3) is 0.556. The van der Waals surface area contributed by atoms with Crippen LogP contribution in [0, 0.1) is 18.7 Å². The highest BCUT2D eigenvalue weighted by Gasteiger charge is 2.58. The Bertz CT molecular complexity index is 1250. The summed E-state index contributed by atoms with van der Waals surface area (Å²) in [6.45, 7) is 5.22. The molecule has 1 saturated carbocycles. The maximum absolute atomic E-state index is 15.6. The first kappa shape index (κ1) is 28.3. The van der Waals surface area contributed by atoms with Gasteiger partial charge in [0.1, 0.15) is 17.3 Å². The molecule has 1 aliphatic carbocycles. The number of aryl methyl sites for hydroxylation is 1. The Morgan fingerprint density at radius 3 is 2.46 bits per heavy atom. The van der Waals surface area contributed by atoms with Crippen LogP contribution < -0.4 is 10.6 Å². The maximum Gasteiger partial charge on any atom is 0.311 e. The third kappa shape index (κ3) is 5.55. The van der Waals surface area contributed by atoms with Crippen LogP contribution in [0.15, 0.2) is 23.2 Å². The van der Waals surface area contributed by atoms with Gasteiger partial charge in [0.25, 0.3) is 17.6 Å². The number of alkyl halides is 1. The number of hydrogen-bond acceptors (Lipinski definition) is 6. The lowest BCUT2D eigenvalue weighted by atomic mass is 9.76. The number of Topliss-reactive ketones (excluding diaryl/α,β-unsaturated/α-hetero) is 1. The molecule has 1 aromatic rings. The van der Waals surface area contributed by atoms with Crippen molar-refractivity contribution in [1.29, 1.82) is 0 Å². The Morgan fingerprint density at radius 2 is 1.85 bits per heavy atom. The number of benzene rings is 1. The number of hydrogen-bond donors (Lipinski definition) is 2. The van der Waals surface area contributed by atoms with Crippen molar-refractivity contribution in [2.45, 2.75) is 70.2 Å². The van der Waals surface area contributed by atoms with E-state index in [1.54, 1.807) is 13.0 Å². The van der Waals surface area contributed by atoms with Gasteiger partial charge in [-0.1, -0.05) is 26.0 Å². The number of nitrogens with one attached hydrogen (secondary N) is 2. The van der Waals surface area contributed by atoms with Crippen molar-refractivity contribution in [1.82, 2.24) is 20.4 Å². The van der Waals surface area contributed by atoms with Crippen LogP contribution in [0.2, 0.25) is 0 Å². The smallest absolute Gasteiger partial charge is 0.311 e. The molecule has 0 radical (unpaired) electrons. The summed E-state index contributed by atoms with van der Waals surface area (Å²) in [7, 11) is 1.50. The fourth-order valence-electron chi connectivity index (χ4n) is 5.45. The SMILES string of the molecule is Cc1cc(CNC(=O)C2N=C3N(CC4(F)CCC3(NC(=O)C(=O)N(C)CC(C)C)CC4)C(=O)C2=O)ccc1F. The van der Waals surface area contributed by atoms with Gasteiger partial charge in [0.2, 0.25) is 0 Å². The minimum absolute atomic E-state index is 0.0267. The topological polar surface area (TPSA) is 128 Å². The van der Waals surface area contributed by atoms with E-state index >= 15 is 4.39 Å². The van der Waals surface area contributed by atoms with Crippen LogP contribution in [-0.4, -0.2) is 82.4 Å². The maximum atomic E-state index is 15.6. The Hall–Kier alpha value is -3.70. The number of carbonyl (C=O) groups is 5. The summed E-state index contributed by atoms with van der Waals surface area (Å²) in [5.41, 5.74) is -2.25. The first-order valence-electron chi connectivity index (χ1n) is 13.0. The predicted molar refractivity (Wildman–Crippen MR) is 137 cm³/mol. The van der Waals surface area contributed by atoms with Crippen LogP contribution in [0.5, 0.6) is 0 Å². The number of ketones is 1. The molecule has 5 rings (SSSR count). The van der Waals surface area contributed by atoms with E-state index in [4.69, 9.17) is 0 Å². The van der Waals surface area contributed by atoms with Gasteiger partial charge in [-0.25, -0.2) is 13.8 Å². The van der Waals surface area contributed by atoms with Crippen molar-refractivity contribution >= 4 is 35.2 Å². The minimum atomic E-state index is -1.80. The van der Waals surface area contributed by atoms with Gasteiger partial charge in [-0.3, -0.25) is 28.9 Å². The number of aliphatic imine (C=N–C) groups is 1. The Balaban J connectivity index is 1.63. The second-order valence-electron chi connectivity index (χ2n) is 11.2. The van der Waals surface area contributed by atoms with Gasteiger partial charge >= 0.3 is 11.8 Å². The predicted octanol–water partition coefficient (Wildman–Crippen LogP) is 1.19. The lowest BCUT2D eigenvalue weighted by Gasteiger charge is -2.41. The summed E-state index contributed by atoms with van der Waals surface area (Å²) in [5.74, 6) is -5.18. The van der Waals surface area contributed by atoms with Crippen molar-refractivity contribution in [3.63, 3.8) is 0 Å². The molecule has 2 saturated heterocycles. The number of amides is 4. The highest BCUT2D eigenvalue weighted by Crippen LogP contribution is 2.44. The molecule has 1 atom stereocenters. The van der Waals surface area contributed by atoms with E-state index in [1.165, 1.54) is 24.1 Å². The molecule has 12 heteroatoms. The molecule has 0 aromatic heterocycles. The lowest BCUT2D eigenvalue weighted by Crippen LogP contribution is -2.65. The van der Waals surface area contributed by atoms with Crippen molar-refractivity contribution < 1.29 is 32.8 Å². The van der Waals surface area contributed by atoms with Crippen LogP contribution in [0.25, 0.3) is 0 Å². The van der Waals surface area contributed by atoms with Crippen molar-refractivity contribution in [2.75, 3.05) is 20.1 Å². The van der Waals surface area contributed by atoms with Crippen LogP contribution >= 0.6 is 0 Å². The normalized spacial score (nSPS) is 26.1. The number of carbonyl (C=O) groups excluding carboxylic acids is 5. The van der Waals surface area contributed by atoms with E-state index in [-0.39, 0.29) is 44.0 Å². The molecule has 2 bridgehead atoms. The molecule has 1 aromatic carbocycles. The molecule has 10 nitrogen and oxygen atoms in total. The monoisotopic (exact) mass is 545 g/mol. The first-order valence-corrected chi connectivity index (χ1v) is 13.0. The number of rotatable bonds is 6. The molecule has 210 valence electrons. The minimum Gasteiger partial charge on any atom is -0.350 e. The van der Waals surface area contributed by atoms with Crippen LogP contribution in [0.3, 0.4) is 0 Å². The molecule has 39 heavy (non-hydrogen) atoms. The van der Waals surface area contributed by atoms with Crippen LogP contribution in [0.4, 0.5) is 8.78 Å². The van der Waals surface area contributed by atoms with E-state index in [0.29, 0.717) is 17.7 Å². The highest BCUT2D eigenvalue weighted by atomic mass is 19.1. The second-order valence-corrected chi connectivity index (χ2v) is 11.2. The molecule has 0 spiro atoms. The molecule has 1 unspecified atom stereocenters. The molecule has 2 N–H and O–H groups in total. The molecule has 3 fully saturated rings. The average molecular weight is 546 g/mol. The molecular formula is C27H33F2N5O5. The molecule has 3 aliphatic heterocycles. The highest BCUT2D eigenvalue weighted by molar-refractivity contribution is 6.46. The zero-order valence-corrected chi connectivity index (χ0v) is 22.5. The summed E-state index contributed by atoms with van der Waals surface area (Å²) < 4.78 is 29.2. The number of halogens is 2. The third-order valence-electron chi connectivity index (χ3n) is 7.55. The summed E-state index contributed by atoms with van der Waals surface area (Å²) in [4.78, 5) is 71.4. The second kappa shape index (κ2) is 10.5. The van der Waals surface area contributed by atoms with Crippen LogP contribution in [-0.2, 0) is 30.5 Å². The van der Waals surface area contributed by atoms with E-state index in [0.717, 1.165) is 4.90 Å². The van der Waals surface area contributed by atoms with Gasteiger partial charge in [-0.05, 0) is 55.7 Å². The van der Waals surface area contributed by atoms with E-state index in [9.17, 15) is 28.4 Å². The number of likely N-dealkylation sites (N-methyl/N-ethyl adjacent to an activating group) is 1. The van der Waals surface area contributed by atoms with Gasteiger partial charge in [-0.2, -0.15) is 0 Å². The summed E-state index contributed by atoms with van der Waals surface area (Å²) in [6.07, 6.45) is 0.0228. The average Bonchev–Trinajstić information content (AvgIpc) is 3.07.